The molecular formula is C13H15N3O3S. The molecule has 0 spiro atoms. The summed E-state index contributed by atoms with van der Waals surface area (Å²) in [7, 11) is 0. The lowest BCUT2D eigenvalue weighted by molar-refractivity contribution is 0.0701. The Balaban J connectivity index is 2.15. The maximum atomic E-state index is 11.2. The summed E-state index contributed by atoms with van der Waals surface area (Å²) in [5.41, 5.74) is -0.0313. The van der Waals surface area contributed by atoms with Crippen molar-refractivity contribution in [1.82, 2.24) is 9.97 Å². The molecule has 1 atom stereocenters. The third kappa shape index (κ3) is 2.03. The summed E-state index contributed by atoms with van der Waals surface area (Å²) in [6.45, 7) is 4.78. The molecule has 7 heteroatoms. The molecule has 1 aliphatic heterocycles. The van der Waals surface area contributed by atoms with Crippen LogP contribution in [-0.4, -0.2) is 44.8 Å². The molecule has 2 aromatic heterocycles. The third-order valence-corrected chi connectivity index (χ3v) is 4.84. The van der Waals surface area contributed by atoms with Crippen molar-refractivity contribution in [3.8, 4) is 0 Å². The second-order valence-corrected chi connectivity index (χ2v) is 6.41. The van der Waals surface area contributed by atoms with Gasteiger partial charge in [-0.25, -0.2) is 14.8 Å². The lowest BCUT2D eigenvalue weighted by Crippen LogP contribution is -2.30. The van der Waals surface area contributed by atoms with Crippen molar-refractivity contribution >= 4 is 33.3 Å². The van der Waals surface area contributed by atoms with Gasteiger partial charge in [-0.3, -0.25) is 0 Å². The second kappa shape index (κ2) is 4.39. The van der Waals surface area contributed by atoms with Crippen LogP contribution in [0, 0.1) is 6.92 Å². The van der Waals surface area contributed by atoms with Gasteiger partial charge >= 0.3 is 5.97 Å². The monoisotopic (exact) mass is 293 g/mol. The lowest BCUT2D eigenvalue weighted by Gasteiger charge is -2.20. The van der Waals surface area contributed by atoms with Crippen LogP contribution in [0.2, 0.25) is 0 Å². The van der Waals surface area contributed by atoms with Gasteiger partial charge in [0.1, 0.15) is 21.9 Å². The molecule has 1 unspecified atom stereocenters. The van der Waals surface area contributed by atoms with Crippen LogP contribution in [0.3, 0.4) is 0 Å². The molecule has 2 N–H and O–H groups in total. The molecule has 0 aliphatic carbocycles. The van der Waals surface area contributed by atoms with E-state index in [4.69, 9.17) is 0 Å². The minimum Gasteiger partial charge on any atom is -0.477 e. The van der Waals surface area contributed by atoms with E-state index in [0.29, 0.717) is 40.6 Å². The Bertz CT molecular complexity index is 695. The van der Waals surface area contributed by atoms with Crippen LogP contribution in [0.1, 0.15) is 28.6 Å². The predicted octanol–water partition coefficient (Wildman–Crippen LogP) is 1.66. The average Bonchev–Trinajstić information content (AvgIpc) is 2.90. The number of carbonyl (C=O) groups is 1. The Morgan fingerprint density at radius 3 is 2.85 bits per heavy atom. The number of nitrogens with zero attached hydrogens (tertiary/aromatic N) is 3. The van der Waals surface area contributed by atoms with Gasteiger partial charge in [0.15, 0.2) is 0 Å². The SMILES string of the molecule is Cc1c(C(=O)O)sc2ncnc(N3CCC(C)(O)C3)c12. The predicted molar refractivity (Wildman–Crippen MR) is 76.6 cm³/mol. The summed E-state index contributed by atoms with van der Waals surface area (Å²) >= 11 is 1.17. The van der Waals surface area contributed by atoms with E-state index in [2.05, 4.69) is 9.97 Å². The summed E-state index contributed by atoms with van der Waals surface area (Å²) in [5.74, 6) is -0.223. The van der Waals surface area contributed by atoms with E-state index in [1.807, 2.05) is 4.90 Å². The molecule has 1 aliphatic rings. The number of hydrogen-bond acceptors (Lipinski definition) is 6. The van der Waals surface area contributed by atoms with Crippen LogP contribution < -0.4 is 4.90 Å². The highest BCUT2D eigenvalue weighted by molar-refractivity contribution is 7.20. The molecule has 6 nitrogen and oxygen atoms in total. The number of carboxylic acids is 1. The number of β-amino-alcohol motifs (C(OH)–C–C–N with tert-alkyl or cyclic N) is 1. The van der Waals surface area contributed by atoms with Gasteiger partial charge in [0.2, 0.25) is 0 Å². The van der Waals surface area contributed by atoms with Crippen LogP contribution in [-0.2, 0) is 0 Å². The van der Waals surface area contributed by atoms with Crippen LogP contribution in [0.15, 0.2) is 6.33 Å². The number of rotatable bonds is 2. The van der Waals surface area contributed by atoms with E-state index in [1.54, 1.807) is 13.8 Å². The highest BCUT2D eigenvalue weighted by atomic mass is 32.1. The number of aromatic nitrogens is 2. The minimum absolute atomic E-state index is 0.299. The first-order valence-corrected chi connectivity index (χ1v) is 7.15. The summed E-state index contributed by atoms with van der Waals surface area (Å²) in [5, 5.41) is 20.1. The maximum Gasteiger partial charge on any atom is 0.346 e. The number of aryl methyl sites for hydroxylation is 1. The van der Waals surface area contributed by atoms with E-state index in [1.165, 1.54) is 17.7 Å². The quantitative estimate of drug-likeness (QED) is 0.875. The molecule has 1 saturated heterocycles. The summed E-state index contributed by atoms with van der Waals surface area (Å²) < 4.78 is 0. The van der Waals surface area contributed by atoms with Gasteiger partial charge in [0, 0.05) is 13.1 Å². The van der Waals surface area contributed by atoms with Crippen LogP contribution in [0.4, 0.5) is 5.82 Å². The Kier molecular flexibility index (Phi) is 2.91. The van der Waals surface area contributed by atoms with Crippen LogP contribution in [0.5, 0.6) is 0 Å². The standard InChI is InChI=1S/C13H15N3O3S/c1-7-8-10(16-4-3-13(2,19)5-16)14-6-15-11(8)20-9(7)12(17)18/h6,19H,3-5H2,1-2H3,(H,17,18). The zero-order valence-corrected chi connectivity index (χ0v) is 12.1. The van der Waals surface area contributed by atoms with Gasteiger partial charge in [-0.1, -0.05) is 0 Å². The normalized spacial score (nSPS) is 22.6. The summed E-state index contributed by atoms with van der Waals surface area (Å²) in [6.07, 6.45) is 2.12. The molecule has 0 aromatic carbocycles. The van der Waals surface area contributed by atoms with Gasteiger partial charge < -0.3 is 15.1 Å². The number of fused-ring (bicyclic) bond motifs is 1. The Labute approximate surface area is 119 Å². The zero-order chi connectivity index (χ0) is 14.5. The van der Waals surface area contributed by atoms with Crippen molar-refractivity contribution in [3.05, 3.63) is 16.8 Å². The summed E-state index contributed by atoms with van der Waals surface area (Å²) in [6, 6.07) is 0. The van der Waals surface area contributed by atoms with Crippen molar-refractivity contribution in [3.63, 3.8) is 0 Å². The molecule has 1 fully saturated rings. The van der Waals surface area contributed by atoms with Crippen molar-refractivity contribution in [2.45, 2.75) is 25.9 Å². The van der Waals surface area contributed by atoms with Crippen molar-refractivity contribution in [1.29, 1.82) is 0 Å². The van der Waals surface area contributed by atoms with Crippen LogP contribution >= 0.6 is 11.3 Å². The molecule has 0 amide bonds. The van der Waals surface area contributed by atoms with Gasteiger partial charge in [0.05, 0.1) is 11.0 Å². The fourth-order valence-corrected chi connectivity index (χ4v) is 3.60. The highest BCUT2D eigenvalue weighted by Gasteiger charge is 2.33. The van der Waals surface area contributed by atoms with E-state index in [-0.39, 0.29) is 0 Å². The van der Waals surface area contributed by atoms with Crippen molar-refractivity contribution < 1.29 is 15.0 Å². The molecular weight excluding hydrogens is 278 g/mol. The Hall–Kier alpha value is -1.73. The van der Waals surface area contributed by atoms with E-state index < -0.39 is 11.6 Å². The molecule has 0 saturated carbocycles. The zero-order valence-electron chi connectivity index (χ0n) is 11.3. The molecule has 2 aromatic rings. The number of carboxylic acid groups (broad SMARTS) is 1. The Morgan fingerprint density at radius 1 is 1.50 bits per heavy atom. The van der Waals surface area contributed by atoms with E-state index in [9.17, 15) is 15.0 Å². The van der Waals surface area contributed by atoms with Crippen molar-refractivity contribution in [2.75, 3.05) is 18.0 Å². The molecule has 0 radical (unpaired) electrons. The fourth-order valence-electron chi connectivity index (χ4n) is 2.62. The number of aliphatic hydroxyl groups is 1. The molecule has 20 heavy (non-hydrogen) atoms. The fraction of sp³-hybridized carbons (Fsp3) is 0.462. The number of aromatic carboxylic acids is 1. The van der Waals surface area contributed by atoms with E-state index in [0.717, 1.165) is 5.39 Å². The molecule has 106 valence electrons. The number of anilines is 1. The Morgan fingerprint density at radius 2 is 2.25 bits per heavy atom. The van der Waals surface area contributed by atoms with Gasteiger partial charge in [-0.2, -0.15) is 0 Å². The summed E-state index contributed by atoms with van der Waals surface area (Å²) in [4.78, 5) is 22.7. The average molecular weight is 293 g/mol. The second-order valence-electron chi connectivity index (χ2n) is 5.41. The number of hydrogen-bond donors (Lipinski definition) is 2. The van der Waals surface area contributed by atoms with E-state index >= 15 is 0 Å². The topological polar surface area (TPSA) is 86.5 Å². The maximum absolute atomic E-state index is 11.2. The van der Waals surface area contributed by atoms with Gasteiger partial charge in [-0.05, 0) is 25.8 Å². The van der Waals surface area contributed by atoms with Gasteiger partial charge in [-0.15, -0.1) is 11.3 Å². The van der Waals surface area contributed by atoms with Gasteiger partial charge in [0.25, 0.3) is 0 Å². The van der Waals surface area contributed by atoms with Crippen molar-refractivity contribution in [2.24, 2.45) is 0 Å². The largest absolute Gasteiger partial charge is 0.477 e. The third-order valence-electron chi connectivity index (χ3n) is 3.65. The number of thiophene rings is 1. The highest BCUT2D eigenvalue weighted by Crippen LogP contribution is 2.36. The van der Waals surface area contributed by atoms with Crippen LogP contribution in [0.25, 0.3) is 10.2 Å². The molecule has 0 bridgehead atoms. The smallest absolute Gasteiger partial charge is 0.346 e. The molecule has 3 rings (SSSR count). The minimum atomic E-state index is -0.940. The lowest BCUT2D eigenvalue weighted by atomic mass is 10.1. The molecule has 3 heterocycles. The first-order valence-electron chi connectivity index (χ1n) is 6.34. The first kappa shape index (κ1) is 13.3. The first-order chi connectivity index (χ1) is 9.39.